The second-order valence-corrected chi connectivity index (χ2v) is 7.68. The monoisotopic (exact) mass is 316 g/mol. The molecule has 0 spiro atoms. The summed E-state index contributed by atoms with van der Waals surface area (Å²) in [6.07, 6.45) is 11.7. The fraction of sp³-hybridized carbons (Fsp3) is 0.417. The van der Waals surface area contributed by atoms with E-state index < -0.39 is 0 Å². The Morgan fingerprint density at radius 2 is 1.71 bits per heavy atom. The van der Waals surface area contributed by atoms with Crippen molar-refractivity contribution in [2.45, 2.75) is 64.7 Å². The van der Waals surface area contributed by atoms with E-state index in [1.54, 1.807) is 11.1 Å². The van der Waals surface area contributed by atoms with Crippen molar-refractivity contribution in [1.82, 2.24) is 0 Å². The molecule has 0 amide bonds. The second-order valence-electron chi connectivity index (χ2n) is 7.68. The summed E-state index contributed by atoms with van der Waals surface area (Å²) in [5.74, 6) is 0.794. The molecule has 0 N–H and O–H groups in total. The standard InChI is InChI=1S/C24H28/c1-3-18-15-22-13-17(2)14-23(24(22)16-18)21-11-9-20(10-12-21)19-7-5-4-6-8-19/h9-14,16,19H,3-8,15H2,1-2H3. The second kappa shape index (κ2) is 6.59. The van der Waals surface area contributed by atoms with Crippen LogP contribution in [0.1, 0.15) is 73.6 Å². The van der Waals surface area contributed by atoms with Gasteiger partial charge in [0.15, 0.2) is 0 Å². The minimum absolute atomic E-state index is 0.794. The first kappa shape index (κ1) is 15.7. The number of hydrogen-bond donors (Lipinski definition) is 0. The van der Waals surface area contributed by atoms with Crippen LogP contribution in [0.15, 0.2) is 42.0 Å². The molecule has 1 saturated carbocycles. The average molecular weight is 316 g/mol. The third-order valence-electron chi connectivity index (χ3n) is 5.93. The van der Waals surface area contributed by atoms with Crippen molar-refractivity contribution in [3.05, 3.63) is 64.2 Å². The number of rotatable bonds is 3. The molecule has 2 aromatic rings. The maximum Gasteiger partial charge on any atom is -0.00576 e. The van der Waals surface area contributed by atoms with Gasteiger partial charge in [-0.25, -0.2) is 0 Å². The van der Waals surface area contributed by atoms with Crippen LogP contribution in [0.3, 0.4) is 0 Å². The fourth-order valence-electron chi connectivity index (χ4n) is 4.53. The van der Waals surface area contributed by atoms with Crippen molar-refractivity contribution in [3.8, 4) is 11.1 Å². The van der Waals surface area contributed by atoms with Gasteiger partial charge in [0.05, 0.1) is 0 Å². The van der Waals surface area contributed by atoms with Gasteiger partial charge in [-0.15, -0.1) is 0 Å². The lowest BCUT2D eigenvalue weighted by Gasteiger charge is -2.22. The Bertz CT molecular complexity index is 755. The molecule has 0 heterocycles. The van der Waals surface area contributed by atoms with E-state index in [-0.39, 0.29) is 0 Å². The van der Waals surface area contributed by atoms with Crippen LogP contribution in [-0.4, -0.2) is 0 Å². The highest BCUT2D eigenvalue weighted by atomic mass is 14.2. The van der Waals surface area contributed by atoms with Gasteiger partial charge in [-0.05, 0) is 66.3 Å². The van der Waals surface area contributed by atoms with E-state index >= 15 is 0 Å². The molecule has 0 radical (unpaired) electrons. The molecule has 124 valence electrons. The maximum atomic E-state index is 2.43. The molecule has 2 aliphatic rings. The van der Waals surface area contributed by atoms with Gasteiger partial charge in [-0.2, -0.15) is 0 Å². The molecule has 0 unspecified atom stereocenters. The number of benzene rings is 2. The molecule has 0 nitrogen and oxygen atoms in total. The molecule has 0 aromatic heterocycles. The highest BCUT2D eigenvalue weighted by Gasteiger charge is 2.18. The van der Waals surface area contributed by atoms with Crippen LogP contribution < -0.4 is 0 Å². The molecule has 2 aliphatic carbocycles. The predicted octanol–water partition coefficient (Wildman–Crippen LogP) is 7.06. The van der Waals surface area contributed by atoms with Gasteiger partial charge in [0.1, 0.15) is 0 Å². The summed E-state index contributed by atoms with van der Waals surface area (Å²) < 4.78 is 0. The predicted molar refractivity (Wildman–Crippen MR) is 104 cm³/mol. The summed E-state index contributed by atoms with van der Waals surface area (Å²) >= 11 is 0. The van der Waals surface area contributed by atoms with Gasteiger partial charge in [-0.3, -0.25) is 0 Å². The van der Waals surface area contributed by atoms with Crippen LogP contribution in [0.2, 0.25) is 0 Å². The van der Waals surface area contributed by atoms with E-state index in [0.717, 1.165) is 18.8 Å². The summed E-state index contributed by atoms with van der Waals surface area (Å²) in [6.45, 7) is 4.49. The Morgan fingerprint density at radius 1 is 0.958 bits per heavy atom. The van der Waals surface area contributed by atoms with Gasteiger partial charge in [0.2, 0.25) is 0 Å². The number of fused-ring (bicyclic) bond motifs is 1. The molecule has 4 rings (SSSR count). The SMILES string of the molecule is CCC1=Cc2c(cc(C)cc2-c2ccc(C3CCCCC3)cc2)C1. The summed E-state index contributed by atoms with van der Waals surface area (Å²) in [7, 11) is 0. The Kier molecular flexibility index (Phi) is 4.31. The van der Waals surface area contributed by atoms with Crippen LogP contribution in [0, 0.1) is 6.92 Å². The molecule has 2 aromatic carbocycles. The molecule has 0 heteroatoms. The quantitative estimate of drug-likeness (QED) is 0.568. The van der Waals surface area contributed by atoms with Crippen molar-refractivity contribution in [2.75, 3.05) is 0 Å². The molecular weight excluding hydrogens is 288 g/mol. The zero-order chi connectivity index (χ0) is 16.5. The van der Waals surface area contributed by atoms with Crippen LogP contribution in [0.25, 0.3) is 17.2 Å². The average Bonchev–Trinajstić information content (AvgIpc) is 3.05. The van der Waals surface area contributed by atoms with E-state index in [1.165, 1.54) is 59.9 Å². The van der Waals surface area contributed by atoms with Crippen LogP contribution >= 0.6 is 0 Å². The van der Waals surface area contributed by atoms with Crippen molar-refractivity contribution in [2.24, 2.45) is 0 Å². The Labute approximate surface area is 146 Å². The molecule has 1 fully saturated rings. The summed E-state index contributed by atoms with van der Waals surface area (Å²) in [4.78, 5) is 0. The van der Waals surface area contributed by atoms with Crippen molar-refractivity contribution < 1.29 is 0 Å². The summed E-state index contributed by atoms with van der Waals surface area (Å²) in [5.41, 5.74) is 10.3. The third-order valence-corrected chi connectivity index (χ3v) is 5.93. The van der Waals surface area contributed by atoms with E-state index in [2.05, 4.69) is 56.3 Å². The van der Waals surface area contributed by atoms with Crippen LogP contribution in [0.5, 0.6) is 0 Å². The van der Waals surface area contributed by atoms with Crippen molar-refractivity contribution in [3.63, 3.8) is 0 Å². The first-order valence-electron chi connectivity index (χ1n) is 9.68. The van der Waals surface area contributed by atoms with Crippen LogP contribution in [0.4, 0.5) is 0 Å². The zero-order valence-corrected chi connectivity index (χ0v) is 15.1. The van der Waals surface area contributed by atoms with Gasteiger partial charge in [0.25, 0.3) is 0 Å². The normalized spacial score (nSPS) is 17.7. The first-order chi connectivity index (χ1) is 11.7. The minimum atomic E-state index is 0.794. The highest BCUT2D eigenvalue weighted by molar-refractivity contribution is 5.81. The smallest absolute Gasteiger partial charge is 0.00576 e. The Balaban J connectivity index is 1.68. The zero-order valence-electron chi connectivity index (χ0n) is 15.1. The Hall–Kier alpha value is -1.82. The summed E-state index contributed by atoms with van der Waals surface area (Å²) in [6, 6.07) is 14.2. The number of aryl methyl sites for hydroxylation is 1. The molecule has 0 atom stereocenters. The largest absolute Gasteiger partial charge is 0.0655 e. The van der Waals surface area contributed by atoms with Crippen LogP contribution in [-0.2, 0) is 6.42 Å². The number of hydrogen-bond acceptors (Lipinski definition) is 0. The Morgan fingerprint density at radius 3 is 2.42 bits per heavy atom. The molecule has 0 aliphatic heterocycles. The molecule has 0 saturated heterocycles. The van der Waals surface area contributed by atoms with Crippen molar-refractivity contribution >= 4 is 6.08 Å². The molecule has 0 bridgehead atoms. The van der Waals surface area contributed by atoms with Gasteiger partial charge in [-0.1, -0.05) is 79.8 Å². The third kappa shape index (κ3) is 2.95. The summed E-state index contributed by atoms with van der Waals surface area (Å²) in [5, 5.41) is 0. The topological polar surface area (TPSA) is 0 Å². The van der Waals surface area contributed by atoms with E-state index in [9.17, 15) is 0 Å². The van der Waals surface area contributed by atoms with Crippen molar-refractivity contribution in [1.29, 1.82) is 0 Å². The molecular formula is C24H28. The lowest BCUT2D eigenvalue weighted by molar-refractivity contribution is 0.443. The lowest BCUT2D eigenvalue weighted by Crippen LogP contribution is -2.04. The van der Waals surface area contributed by atoms with Gasteiger partial charge >= 0.3 is 0 Å². The fourth-order valence-corrected chi connectivity index (χ4v) is 4.53. The van der Waals surface area contributed by atoms with E-state index in [4.69, 9.17) is 0 Å². The van der Waals surface area contributed by atoms with Gasteiger partial charge < -0.3 is 0 Å². The lowest BCUT2D eigenvalue weighted by atomic mass is 9.83. The molecule has 24 heavy (non-hydrogen) atoms. The maximum absolute atomic E-state index is 2.43. The highest BCUT2D eigenvalue weighted by Crippen LogP contribution is 2.38. The number of allylic oxidation sites excluding steroid dienone is 1. The van der Waals surface area contributed by atoms with E-state index in [1.807, 2.05) is 0 Å². The minimum Gasteiger partial charge on any atom is -0.0655 e. The van der Waals surface area contributed by atoms with E-state index in [0.29, 0.717) is 0 Å². The first-order valence-corrected chi connectivity index (χ1v) is 9.68. The van der Waals surface area contributed by atoms with Gasteiger partial charge in [0, 0.05) is 0 Å².